The fourth-order valence-corrected chi connectivity index (χ4v) is 1.76. The highest BCUT2D eigenvalue weighted by molar-refractivity contribution is 5.99. The van der Waals surface area contributed by atoms with E-state index in [1.54, 1.807) is 12.1 Å². The summed E-state index contributed by atoms with van der Waals surface area (Å²) in [4.78, 5) is 15.2. The van der Waals surface area contributed by atoms with Crippen LogP contribution in [-0.2, 0) is 4.79 Å². The number of rotatable bonds is 2. The quantitative estimate of drug-likeness (QED) is 0.644. The van der Waals surface area contributed by atoms with E-state index in [9.17, 15) is 4.79 Å². The van der Waals surface area contributed by atoms with Gasteiger partial charge in [-0.05, 0) is 30.7 Å². The van der Waals surface area contributed by atoms with Gasteiger partial charge in [-0.25, -0.2) is 4.79 Å². The fraction of sp³-hybridized carbons (Fsp3) is 0.0714. The number of nitriles is 1. The number of carboxylic acid groups (broad SMARTS) is 1. The molecule has 4 heteroatoms. The summed E-state index contributed by atoms with van der Waals surface area (Å²) >= 11 is 0. The van der Waals surface area contributed by atoms with Crippen LogP contribution in [0.2, 0.25) is 0 Å². The Balaban J connectivity index is 2.72. The number of benzene rings is 1. The van der Waals surface area contributed by atoms with Crippen molar-refractivity contribution >= 4 is 22.9 Å². The molecule has 0 amide bonds. The van der Waals surface area contributed by atoms with E-state index in [1.807, 2.05) is 31.2 Å². The van der Waals surface area contributed by atoms with Gasteiger partial charge >= 0.3 is 5.97 Å². The highest BCUT2D eigenvalue weighted by Gasteiger charge is 2.08. The topological polar surface area (TPSA) is 74.0 Å². The Hall–Kier alpha value is -2.67. The van der Waals surface area contributed by atoms with Crippen molar-refractivity contribution in [1.82, 2.24) is 4.98 Å². The molecule has 1 aromatic carbocycles. The molecule has 0 saturated heterocycles. The lowest BCUT2D eigenvalue weighted by molar-refractivity contribution is -0.132. The number of carboxylic acids is 1. The predicted octanol–water partition coefficient (Wildman–Crippen LogP) is 2.53. The molecule has 0 saturated carbocycles. The van der Waals surface area contributed by atoms with Crippen molar-refractivity contribution in [3.8, 4) is 6.07 Å². The third-order valence-electron chi connectivity index (χ3n) is 2.53. The molecule has 1 N–H and O–H groups in total. The molecule has 18 heavy (non-hydrogen) atoms. The average Bonchev–Trinajstić information content (AvgIpc) is 2.35. The van der Waals surface area contributed by atoms with Gasteiger partial charge in [-0.1, -0.05) is 18.2 Å². The third kappa shape index (κ3) is 2.20. The molecule has 0 fully saturated rings. The average molecular weight is 238 g/mol. The second-order valence-electron chi connectivity index (χ2n) is 3.84. The first kappa shape index (κ1) is 11.8. The van der Waals surface area contributed by atoms with Crippen molar-refractivity contribution in [2.45, 2.75) is 6.92 Å². The highest BCUT2D eigenvalue weighted by atomic mass is 16.4. The van der Waals surface area contributed by atoms with E-state index < -0.39 is 5.97 Å². The summed E-state index contributed by atoms with van der Waals surface area (Å²) in [6.45, 7) is 1.83. The second-order valence-corrected chi connectivity index (χ2v) is 3.84. The van der Waals surface area contributed by atoms with Gasteiger partial charge in [-0.3, -0.25) is 4.98 Å². The zero-order chi connectivity index (χ0) is 13.1. The largest absolute Gasteiger partial charge is 0.477 e. The summed E-state index contributed by atoms with van der Waals surface area (Å²) < 4.78 is 0. The molecule has 0 aliphatic rings. The maximum Gasteiger partial charge on any atom is 0.346 e. The van der Waals surface area contributed by atoms with Gasteiger partial charge in [0.05, 0.1) is 5.52 Å². The summed E-state index contributed by atoms with van der Waals surface area (Å²) in [6, 6.07) is 10.9. The van der Waals surface area contributed by atoms with Crippen LogP contribution in [0.25, 0.3) is 17.0 Å². The van der Waals surface area contributed by atoms with Crippen LogP contribution in [0.1, 0.15) is 11.3 Å². The maximum absolute atomic E-state index is 10.8. The Morgan fingerprint density at radius 3 is 2.83 bits per heavy atom. The summed E-state index contributed by atoms with van der Waals surface area (Å²) in [5.74, 6) is -1.23. The normalized spacial score (nSPS) is 11.2. The number of aryl methyl sites for hydroxylation is 1. The van der Waals surface area contributed by atoms with E-state index in [2.05, 4.69) is 4.98 Å². The van der Waals surface area contributed by atoms with Crippen LogP contribution in [0.3, 0.4) is 0 Å². The molecule has 1 heterocycles. The van der Waals surface area contributed by atoms with Gasteiger partial charge in [0, 0.05) is 11.1 Å². The second kappa shape index (κ2) is 4.68. The van der Waals surface area contributed by atoms with Crippen LogP contribution >= 0.6 is 0 Å². The number of aromatic nitrogens is 1. The van der Waals surface area contributed by atoms with E-state index in [1.165, 1.54) is 6.08 Å². The lowest BCUT2D eigenvalue weighted by Gasteiger charge is -2.03. The molecule has 2 rings (SSSR count). The van der Waals surface area contributed by atoms with E-state index in [0.29, 0.717) is 5.56 Å². The molecule has 1 aromatic heterocycles. The molecule has 88 valence electrons. The van der Waals surface area contributed by atoms with E-state index in [-0.39, 0.29) is 5.57 Å². The molecular weight excluding hydrogens is 228 g/mol. The molecule has 0 bridgehead atoms. The third-order valence-corrected chi connectivity index (χ3v) is 2.53. The number of aliphatic carboxylic acids is 1. The zero-order valence-electron chi connectivity index (χ0n) is 9.71. The molecule has 0 spiro atoms. The number of hydrogen-bond donors (Lipinski definition) is 1. The lowest BCUT2D eigenvalue weighted by atomic mass is 10.1. The Bertz CT molecular complexity index is 696. The van der Waals surface area contributed by atoms with Gasteiger partial charge in [-0.2, -0.15) is 5.26 Å². The molecular formula is C14H10N2O2. The van der Waals surface area contributed by atoms with E-state index >= 15 is 0 Å². The van der Waals surface area contributed by atoms with Crippen LogP contribution < -0.4 is 0 Å². The van der Waals surface area contributed by atoms with E-state index in [0.717, 1.165) is 16.6 Å². The van der Waals surface area contributed by atoms with Gasteiger partial charge < -0.3 is 5.11 Å². The van der Waals surface area contributed by atoms with Gasteiger partial charge in [-0.15, -0.1) is 0 Å². The Morgan fingerprint density at radius 1 is 1.44 bits per heavy atom. The van der Waals surface area contributed by atoms with Crippen molar-refractivity contribution in [2.24, 2.45) is 0 Å². The lowest BCUT2D eigenvalue weighted by Crippen LogP contribution is -1.98. The van der Waals surface area contributed by atoms with Gasteiger partial charge in [0.2, 0.25) is 0 Å². The number of para-hydroxylation sites is 1. The molecule has 2 aromatic rings. The van der Waals surface area contributed by atoms with Crippen molar-refractivity contribution in [3.05, 3.63) is 47.2 Å². The molecule has 4 nitrogen and oxygen atoms in total. The van der Waals surface area contributed by atoms with Crippen LogP contribution in [0.4, 0.5) is 0 Å². The monoisotopic (exact) mass is 238 g/mol. The summed E-state index contributed by atoms with van der Waals surface area (Å²) in [5, 5.41) is 18.5. The first-order chi connectivity index (χ1) is 8.61. The Morgan fingerprint density at radius 2 is 2.17 bits per heavy atom. The van der Waals surface area contributed by atoms with Crippen LogP contribution in [-0.4, -0.2) is 16.1 Å². The molecule has 0 radical (unpaired) electrons. The number of carbonyl (C=O) groups is 1. The molecule has 0 atom stereocenters. The van der Waals surface area contributed by atoms with Gasteiger partial charge in [0.15, 0.2) is 0 Å². The Labute approximate surface area is 104 Å². The summed E-state index contributed by atoms with van der Waals surface area (Å²) in [6.07, 6.45) is 1.37. The van der Waals surface area contributed by atoms with Gasteiger partial charge in [0.25, 0.3) is 0 Å². The molecule has 0 aliphatic carbocycles. The maximum atomic E-state index is 10.8. The summed E-state index contributed by atoms with van der Waals surface area (Å²) in [7, 11) is 0. The van der Waals surface area contributed by atoms with Crippen LogP contribution in [0.15, 0.2) is 35.9 Å². The summed E-state index contributed by atoms with van der Waals surface area (Å²) in [5.41, 5.74) is 1.97. The minimum Gasteiger partial charge on any atom is -0.477 e. The number of fused-ring (bicyclic) bond motifs is 1. The number of pyridine rings is 1. The Kier molecular flexibility index (Phi) is 3.07. The highest BCUT2D eigenvalue weighted by Crippen LogP contribution is 2.20. The smallest absolute Gasteiger partial charge is 0.346 e. The molecule has 0 unspecified atom stereocenters. The first-order valence-electron chi connectivity index (χ1n) is 5.33. The number of nitrogens with zero attached hydrogens (tertiary/aromatic N) is 2. The first-order valence-corrected chi connectivity index (χ1v) is 5.33. The van der Waals surface area contributed by atoms with Gasteiger partial charge in [0.1, 0.15) is 11.6 Å². The van der Waals surface area contributed by atoms with E-state index in [4.69, 9.17) is 10.4 Å². The SMILES string of the molecule is Cc1cc(/C=C(\C#N)C(=O)O)c2ccccc2n1. The van der Waals surface area contributed by atoms with Crippen LogP contribution in [0.5, 0.6) is 0 Å². The van der Waals surface area contributed by atoms with Crippen LogP contribution in [0, 0.1) is 18.3 Å². The van der Waals surface area contributed by atoms with Crippen molar-refractivity contribution < 1.29 is 9.90 Å². The van der Waals surface area contributed by atoms with Crippen molar-refractivity contribution in [1.29, 1.82) is 5.26 Å². The van der Waals surface area contributed by atoms with Crippen molar-refractivity contribution in [2.75, 3.05) is 0 Å². The minimum atomic E-state index is -1.23. The number of hydrogen-bond acceptors (Lipinski definition) is 3. The van der Waals surface area contributed by atoms with Crippen molar-refractivity contribution in [3.63, 3.8) is 0 Å². The molecule has 0 aliphatic heterocycles. The predicted molar refractivity (Wildman–Crippen MR) is 67.7 cm³/mol. The standard InChI is InChI=1S/C14H10N2O2/c1-9-6-10(7-11(8-15)14(17)18)12-4-2-3-5-13(12)16-9/h2-7H,1H3,(H,17,18)/b11-7+. The minimum absolute atomic E-state index is 0.286. The fourth-order valence-electron chi connectivity index (χ4n) is 1.76. The zero-order valence-corrected chi connectivity index (χ0v) is 9.71.